The zero-order valence-electron chi connectivity index (χ0n) is 17.7. The molecular formula is C24H25ClN2O4. The van der Waals surface area contributed by atoms with Gasteiger partial charge in [-0.05, 0) is 56.2 Å². The summed E-state index contributed by atoms with van der Waals surface area (Å²) in [4.78, 5) is 29.4. The van der Waals surface area contributed by atoms with Crippen molar-refractivity contribution in [3.8, 4) is 5.75 Å². The number of phenols is 1. The fraction of sp³-hybridized carbons (Fsp3) is 0.333. The van der Waals surface area contributed by atoms with E-state index in [1.165, 1.54) is 0 Å². The van der Waals surface area contributed by atoms with Crippen molar-refractivity contribution in [1.82, 2.24) is 4.90 Å². The van der Waals surface area contributed by atoms with Gasteiger partial charge in [0, 0.05) is 59.8 Å². The summed E-state index contributed by atoms with van der Waals surface area (Å²) in [5, 5.41) is 11.4. The lowest BCUT2D eigenvalue weighted by Crippen LogP contribution is -2.48. The second kappa shape index (κ2) is 8.63. The molecule has 0 spiro atoms. The van der Waals surface area contributed by atoms with Crippen molar-refractivity contribution in [3.63, 3.8) is 0 Å². The van der Waals surface area contributed by atoms with Gasteiger partial charge in [0.25, 0.3) is 0 Å². The first-order chi connectivity index (χ1) is 14.8. The van der Waals surface area contributed by atoms with Crippen LogP contribution in [0, 0.1) is 13.8 Å². The Morgan fingerprint density at radius 1 is 1.10 bits per heavy atom. The number of rotatable bonds is 4. The number of carbonyl (C=O) groups excluding carboxylic acids is 1. The minimum atomic E-state index is -0.447. The van der Waals surface area contributed by atoms with Gasteiger partial charge in [0.05, 0.1) is 0 Å². The molecule has 2 aromatic carbocycles. The Morgan fingerprint density at radius 3 is 2.55 bits per heavy atom. The smallest absolute Gasteiger partial charge is 0.339 e. The molecule has 1 aliphatic rings. The number of benzene rings is 2. The number of nitrogens with zero attached hydrogens (tertiary/aromatic N) is 2. The number of anilines is 1. The maximum Gasteiger partial charge on any atom is 0.339 e. The molecule has 3 aromatic rings. The SMILES string of the molecule is Cc1c(CCC(=O)N2CCN(c3cccc(Cl)c3)CC2)c(=O)oc2c(C)c(O)ccc12. The van der Waals surface area contributed by atoms with E-state index in [4.69, 9.17) is 16.0 Å². The number of piperazine rings is 1. The Bertz CT molecular complexity index is 1200. The molecule has 7 heteroatoms. The minimum absolute atomic E-state index is 0.0338. The van der Waals surface area contributed by atoms with Crippen LogP contribution in [-0.4, -0.2) is 42.1 Å². The van der Waals surface area contributed by atoms with Crippen LogP contribution in [-0.2, 0) is 11.2 Å². The average molecular weight is 441 g/mol. The number of aryl methyl sites for hydroxylation is 2. The molecular weight excluding hydrogens is 416 g/mol. The molecule has 1 fully saturated rings. The third-order valence-corrected chi connectivity index (χ3v) is 6.30. The molecule has 1 aromatic heterocycles. The molecule has 1 saturated heterocycles. The number of phenolic OH excluding ortho intramolecular Hbond substituents is 1. The molecule has 4 rings (SSSR count). The summed E-state index contributed by atoms with van der Waals surface area (Å²) in [5.41, 5.74) is 2.87. The summed E-state index contributed by atoms with van der Waals surface area (Å²) in [6.45, 7) is 6.33. The lowest BCUT2D eigenvalue weighted by atomic mass is 10.00. The number of halogens is 1. The molecule has 1 N–H and O–H groups in total. The van der Waals surface area contributed by atoms with E-state index >= 15 is 0 Å². The second-order valence-electron chi connectivity index (χ2n) is 7.93. The molecule has 0 bridgehead atoms. The van der Waals surface area contributed by atoms with Crippen LogP contribution in [0.15, 0.2) is 45.6 Å². The lowest BCUT2D eigenvalue weighted by Gasteiger charge is -2.36. The molecule has 31 heavy (non-hydrogen) atoms. The number of amides is 1. The van der Waals surface area contributed by atoms with E-state index in [1.807, 2.05) is 36.1 Å². The van der Waals surface area contributed by atoms with Gasteiger partial charge in [-0.25, -0.2) is 4.79 Å². The van der Waals surface area contributed by atoms with Crippen molar-refractivity contribution in [2.75, 3.05) is 31.1 Å². The van der Waals surface area contributed by atoms with E-state index in [0.29, 0.717) is 41.2 Å². The van der Waals surface area contributed by atoms with Crippen molar-refractivity contribution in [1.29, 1.82) is 0 Å². The van der Waals surface area contributed by atoms with Gasteiger partial charge in [-0.3, -0.25) is 4.79 Å². The van der Waals surface area contributed by atoms with Crippen LogP contribution in [0.4, 0.5) is 5.69 Å². The molecule has 0 aliphatic carbocycles. The Kier molecular flexibility index (Phi) is 5.92. The van der Waals surface area contributed by atoms with Gasteiger partial charge in [-0.1, -0.05) is 17.7 Å². The van der Waals surface area contributed by atoms with Gasteiger partial charge in [0.2, 0.25) is 5.91 Å². The van der Waals surface area contributed by atoms with Crippen molar-refractivity contribution in [2.24, 2.45) is 0 Å². The third kappa shape index (κ3) is 4.26. The maximum absolute atomic E-state index is 12.8. The Hall–Kier alpha value is -2.99. The molecule has 0 unspecified atom stereocenters. The van der Waals surface area contributed by atoms with E-state index in [2.05, 4.69) is 4.90 Å². The quantitative estimate of drug-likeness (QED) is 0.619. The summed E-state index contributed by atoms with van der Waals surface area (Å²) in [6.07, 6.45) is 0.586. The summed E-state index contributed by atoms with van der Waals surface area (Å²) < 4.78 is 5.48. The molecule has 1 amide bonds. The topological polar surface area (TPSA) is 74.0 Å². The van der Waals surface area contributed by atoms with E-state index in [0.717, 1.165) is 29.7 Å². The highest BCUT2D eigenvalue weighted by Gasteiger charge is 2.22. The van der Waals surface area contributed by atoms with Crippen molar-refractivity contribution in [2.45, 2.75) is 26.7 Å². The van der Waals surface area contributed by atoms with Crippen LogP contribution in [0.1, 0.15) is 23.1 Å². The molecule has 0 saturated carbocycles. The fourth-order valence-corrected chi connectivity index (χ4v) is 4.33. The Balaban J connectivity index is 1.42. The monoisotopic (exact) mass is 440 g/mol. The molecule has 2 heterocycles. The van der Waals surface area contributed by atoms with Gasteiger partial charge >= 0.3 is 5.63 Å². The van der Waals surface area contributed by atoms with E-state index in [9.17, 15) is 14.7 Å². The van der Waals surface area contributed by atoms with Crippen LogP contribution in [0.5, 0.6) is 5.75 Å². The highest BCUT2D eigenvalue weighted by Crippen LogP contribution is 2.29. The second-order valence-corrected chi connectivity index (χ2v) is 8.36. The van der Waals surface area contributed by atoms with Crippen LogP contribution in [0.2, 0.25) is 5.02 Å². The highest BCUT2D eigenvalue weighted by atomic mass is 35.5. The molecule has 1 aliphatic heterocycles. The normalized spacial score (nSPS) is 14.3. The number of carbonyl (C=O) groups is 1. The zero-order chi connectivity index (χ0) is 22.1. The van der Waals surface area contributed by atoms with E-state index in [-0.39, 0.29) is 18.1 Å². The maximum atomic E-state index is 12.8. The van der Waals surface area contributed by atoms with Gasteiger partial charge < -0.3 is 19.3 Å². The summed E-state index contributed by atoms with van der Waals surface area (Å²) in [5.74, 6) is 0.126. The van der Waals surface area contributed by atoms with Gasteiger partial charge in [-0.2, -0.15) is 0 Å². The number of hydrogen-bond acceptors (Lipinski definition) is 5. The first-order valence-electron chi connectivity index (χ1n) is 10.4. The summed E-state index contributed by atoms with van der Waals surface area (Å²) in [7, 11) is 0. The molecule has 162 valence electrons. The molecule has 0 radical (unpaired) electrons. The average Bonchev–Trinajstić information content (AvgIpc) is 2.76. The van der Waals surface area contributed by atoms with E-state index in [1.54, 1.807) is 19.1 Å². The first-order valence-corrected chi connectivity index (χ1v) is 10.8. The van der Waals surface area contributed by atoms with Crippen LogP contribution in [0.3, 0.4) is 0 Å². The zero-order valence-corrected chi connectivity index (χ0v) is 18.4. The van der Waals surface area contributed by atoms with Gasteiger partial charge in [-0.15, -0.1) is 0 Å². The lowest BCUT2D eigenvalue weighted by molar-refractivity contribution is -0.131. The van der Waals surface area contributed by atoms with E-state index < -0.39 is 5.63 Å². The molecule has 0 atom stereocenters. The predicted molar refractivity (Wildman–Crippen MR) is 122 cm³/mol. The minimum Gasteiger partial charge on any atom is -0.508 e. The predicted octanol–water partition coefficient (Wildman–Crippen LogP) is 4.05. The third-order valence-electron chi connectivity index (χ3n) is 6.07. The molecule has 6 nitrogen and oxygen atoms in total. The largest absolute Gasteiger partial charge is 0.508 e. The Labute approximate surface area is 185 Å². The summed E-state index contributed by atoms with van der Waals surface area (Å²) >= 11 is 6.08. The number of fused-ring (bicyclic) bond motifs is 1. The van der Waals surface area contributed by atoms with Crippen molar-refractivity contribution < 1.29 is 14.3 Å². The number of hydrogen-bond donors (Lipinski definition) is 1. The first kappa shape index (κ1) is 21.2. The van der Waals surface area contributed by atoms with Crippen LogP contribution < -0.4 is 10.5 Å². The Morgan fingerprint density at radius 2 is 1.84 bits per heavy atom. The van der Waals surface area contributed by atoms with Crippen molar-refractivity contribution in [3.05, 3.63) is 68.5 Å². The summed E-state index contributed by atoms with van der Waals surface area (Å²) in [6, 6.07) is 11.1. The van der Waals surface area contributed by atoms with Crippen LogP contribution >= 0.6 is 11.6 Å². The fourth-order valence-electron chi connectivity index (χ4n) is 4.14. The highest BCUT2D eigenvalue weighted by molar-refractivity contribution is 6.30. The van der Waals surface area contributed by atoms with Gasteiger partial charge in [0.1, 0.15) is 11.3 Å². The van der Waals surface area contributed by atoms with Crippen molar-refractivity contribution >= 4 is 34.2 Å². The number of aromatic hydroxyl groups is 1. The standard InChI is InChI=1S/C24H25ClN2O4/c1-15-19-6-8-21(28)16(2)23(19)31-24(30)20(15)7-9-22(29)27-12-10-26(11-13-27)18-5-3-4-17(25)14-18/h3-6,8,14,28H,7,9-13H2,1-2H3. The van der Waals surface area contributed by atoms with Gasteiger partial charge in [0.15, 0.2) is 0 Å². The van der Waals surface area contributed by atoms with Crippen LogP contribution in [0.25, 0.3) is 11.0 Å².